The average Bonchev–Trinajstić information content (AvgIpc) is 2.47. The molecule has 1 saturated heterocycles. The second-order valence-corrected chi connectivity index (χ2v) is 6.98. The van der Waals surface area contributed by atoms with Crippen molar-refractivity contribution < 1.29 is 22.2 Å². The molecule has 2 rings (SSSR count). The highest BCUT2D eigenvalue weighted by Gasteiger charge is 2.34. The summed E-state index contributed by atoms with van der Waals surface area (Å²) < 4.78 is 29.9. The summed E-state index contributed by atoms with van der Waals surface area (Å²) in [5, 5.41) is -0.814. The van der Waals surface area contributed by atoms with Crippen molar-refractivity contribution in [2.45, 2.75) is 25.0 Å². The topological polar surface area (TPSA) is 107 Å². The third kappa shape index (κ3) is 3.56. The fourth-order valence-corrected chi connectivity index (χ4v) is 3.75. The Hall–Kier alpha value is -2.09. The van der Waals surface area contributed by atoms with Gasteiger partial charge >= 0.3 is 10.1 Å². The molecule has 1 aromatic rings. The largest absolute Gasteiger partial charge is 0.381 e. The van der Waals surface area contributed by atoms with Crippen LogP contribution in [0.1, 0.15) is 30.1 Å². The Balaban J connectivity index is 2.21. The van der Waals surface area contributed by atoms with Crippen LogP contribution in [0, 0.1) is 0 Å². The zero-order chi connectivity index (χ0) is 16.3. The Morgan fingerprint density at radius 1 is 1.32 bits per heavy atom. The summed E-state index contributed by atoms with van der Waals surface area (Å²) in [5.74, 6) is -1.02. The average molecular weight is 326 g/mol. The second kappa shape index (κ2) is 6.35. The van der Waals surface area contributed by atoms with E-state index in [1.54, 1.807) is 12.1 Å². The van der Waals surface area contributed by atoms with E-state index in [2.05, 4.69) is 0 Å². The summed E-state index contributed by atoms with van der Waals surface area (Å²) in [6, 6.07) is 5.90. The van der Waals surface area contributed by atoms with Crippen LogP contribution >= 0.6 is 0 Å². The van der Waals surface area contributed by atoms with Crippen molar-refractivity contribution in [3.05, 3.63) is 29.8 Å². The Morgan fingerprint density at radius 3 is 2.64 bits per heavy atom. The molecule has 1 unspecified atom stereocenters. The molecular formula is C14H18N2O5S. The van der Waals surface area contributed by atoms with Gasteiger partial charge in [0.1, 0.15) is 5.25 Å². The van der Waals surface area contributed by atoms with Gasteiger partial charge in [-0.25, -0.2) is 0 Å². The number of primary amides is 1. The number of hydrogen-bond acceptors (Lipinski definition) is 5. The molecule has 0 bridgehead atoms. The van der Waals surface area contributed by atoms with E-state index < -0.39 is 21.3 Å². The Morgan fingerprint density at radius 2 is 2.00 bits per heavy atom. The molecule has 7 nitrogen and oxygen atoms in total. The number of hydrogen-bond donors (Lipinski definition) is 1. The molecule has 1 aromatic carbocycles. The van der Waals surface area contributed by atoms with Gasteiger partial charge in [0.05, 0.1) is 5.56 Å². The monoisotopic (exact) mass is 326 g/mol. The van der Waals surface area contributed by atoms with Crippen molar-refractivity contribution in [3.63, 3.8) is 0 Å². The Kier molecular flexibility index (Phi) is 4.70. The first-order chi connectivity index (χ1) is 10.3. The number of para-hydroxylation sites is 1. The van der Waals surface area contributed by atoms with Crippen LogP contribution in [0.25, 0.3) is 0 Å². The fraction of sp³-hybridized carbons (Fsp3) is 0.429. The zero-order valence-corrected chi connectivity index (χ0v) is 13.0. The molecule has 1 aliphatic heterocycles. The third-order valence-electron chi connectivity index (χ3n) is 3.59. The van der Waals surface area contributed by atoms with Gasteiger partial charge in [-0.3, -0.25) is 9.59 Å². The molecule has 120 valence electrons. The van der Waals surface area contributed by atoms with Crippen LogP contribution in [0.3, 0.4) is 0 Å². The van der Waals surface area contributed by atoms with E-state index in [0.29, 0.717) is 19.4 Å². The van der Waals surface area contributed by atoms with Gasteiger partial charge in [-0.15, -0.1) is 0 Å². The van der Waals surface area contributed by atoms with Gasteiger partial charge in [0.15, 0.2) is 5.75 Å². The number of amides is 2. The summed E-state index contributed by atoms with van der Waals surface area (Å²) in [6.07, 6.45) is 0.995. The number of benzene rings is 1. The predicted octanol–water partition coefficient (Wildman–Crippen LogP) is 0.505. The van der Waals surface area contributed by atoms with Crippen LogP contribution in [0.15, 0.2) is 24.3 Å². The zero-order valence-electron chi connectivity index (χ0n) is 12.2. The summed E-state index contributed by atoms with van der Waals surface area (Å²) in [6.45, 7) is 2.04. The first-order valence-electron chi connectivity index (χ1n) is 6.89. The number of carbonyl (C=O) groups is 2. The summed E-state index contributed by atoms with van der Waals surface area (Å²) in [7, 11) is -3.96. The van der Waals surface area contributed by atoms with Crippen molar-refractivity contribution in [3.8, 4) is 5.75 Å². The van der Waals surface area contributed by atoms with Gasteiger partial charge < -0.3 is 14.8 Å². The van der Waals surface area contributed by atoms with E-state index in [-0.39, 0.29) is 23.8 Å². The molecule has 1 atom stereocenters. The van der Waals surface area contributed by atoms with E-state index in [4.69, 9.17) is 9.92 Å². The molecular weight excluding hydrogens is 308 g/mol. The molecule has 1 aliphatic rings. The number of likely N-dealkylation sites (tertiary alicyclic amines) is 1. The number of nitrogens with zero attached hydrogens (tertiary/aromatic N) is 1. The van der Waals surface area contributed by atoms with Crippen molar-refractivity contribution in [2.75, 3.05) is 13.1 Å². The first-order valence-corrected chi connectivity index (χ1v) is 8.36. The number of nitrogens with two attached hydrogens (primary N) is 1. The number of carbonyl (C=O) groups excluding carboxylic acids is 2. The molecule has 8 heteroatoms. The number of piperidine rings is 1. The van der Waals surface area contributed by atoms with Gasteiger partial charge in [-0.2, -0.15) is 8.42 Å². The van der Waals surface area contributed by atoms with Gasteiger partial charge in [0.2, 0.25) is 5.91 Å². The molecule has 0 spiro atoms. The van der Waals surface area contributed by atoms with E-state index in [9.17, 15) is 18.0 Å². The summed E-state index contributed by atoms with van der Waals surface area (Å²) >= 11 is 0. The molecule has 0 saturated carbocycles. The smallest absolute Gasteiger partial charge is 0.313 e. The molecule has 1 heterocycles. The number of rotatable bonds is 4. The lowest BCUT2D eigenvalue weighted by molar-refractivity contribution is -0.129. The quantitative estimate of drug-likeness (QED) is 0.811. The summed E-state index contributed by atoms with van der Waals surface area (Å²) in [4.78, 5) is 24.2. The van der Waals surface area contributed by atoms with Gasteiger partial charge in [0, 0.05) is 20.0 Å². The van der Waals surface area contributed by atoms with E-state index in [0.717, 1.165) is 0 Å². The molecule has 0 aliphatic carbocycles. The standard InChI is InChI=1S/C14H18N2O5S/c1-10(17)16-8-4-5-11(9-16)22(19,20)21-13-7-3-2-6-12(13)14(15)18/h2-3,6-7,11H,4-5,8-9H2,1H3,(H2,15,18). The van der Waals surface area contributed by atoms with Crippen LogP contribution in [-0.4, -0.2) is 43.5 Å². The second-order valence-electron chi connectivity index (χ2n) is 5.17. The third-order valence-corrected chi connectivity index (χ3v) is 5.20. The van der Waals surface area contributed by atoms with Crippen molar-refractivity contribution >= 4 is 21.9 Å². The minimum Gasteiger partial charge on any atom is -0.381 e. The maximum atomic E-state index is 12.4. The molecule has 0 radical (unpaired) electrons. The highest BCUT2D eigenvalue weighted by Crippen LogP contribution is 2.24. The maximum absolute atomic E-state index is 12.4. The highest BCUT2D eigenvalue weighted by atomic mass is 32.2. The minimum atomic E-state index is -3.96. The van der Waals surface area contributed by atoms with Crippen LogP contribution < -0.4 is 9.92 Å². The fourth-order valence-electron chi connectivity index (χ4n) is 2.40. The maximum Gasteiger partial charge on any atom is 0.313 e. The van der Waals surface area contributed by atoms with Gasteiger partial charge in [-0.1, -0.05) is 12.1 Å². The van der Waals surface area contributed by atoms with Crippen molar-refractivity contribution in [1.82, 2.24) is 4.90 Å². The van der Waals surface area contributed by atoms with Crippen LogP contribution in [0.5, 0.6) is 5.75 Å². The summed E-state index contributed by atoms with van der Waals surface area (Å²) in [5.41, 5.74) is 5.21. The minimum absolute atomic E-state index is 0.00492. The van der Waals surface area contributed by atoms with E-state index in [1.807, 2.05) is 0 Å². The van der Waals surface area contributed by atoms with Crippen LogP contribution in [-0.2, 0) is 14.9 Å². The molecule has 22 heavy (non-hydrogen) atoms. The normalized spacial score (nSPS) is 18.8. The lowest BCUT2D eigenvalue weighted by atomic mass is 10.1. The van der Waals surface area contributed by atoms with Crippen LogP contribution in [0.2, 0.25) is 0 Å². The first kappa shape index (κ1) is 16.3. The molecule has 2 amide bonds. The van der Waals surface area contributed by atoms with Gasteiger partial charge in [-0.05, 0) is 25.0 Å². The predicted molar refractivity (Wildman–Crippen MR) is 79.8 cm³/mol. The molecule has 0 aromatic heterocycles. The van der Waals surface area contributed by atoms with Crippen LogP contribution in [0.4, 0.5) is 0 Å². The highest BCUT2D eigenvalue weighted by molar-refractivity contribution is 7.87. The SMILES string of the molecule is CC(=O)N1CCCC(S(=O)(=O)Oc2ccccc2C(N)=O)C1. The molecule has 2 N–H and O–H groups in total. The Labute approximate surface area is 129 Å². The lowest BCUT2D eigenvalue weighted by Gasteiger charge is -2.31. The van der Waals surface area contributed by atoms with Crippen molar-refractivity contribution in [2.24, 2.45) is 5.73 Å². The lowest BCUT2D eigenvalue weighted by Crippen LogP contribution is -2.45. The molecule has 1 fully saturated rings. The Bertz CT molecular complexity index is 686. The van der Waals surface area contributed by atoms with Gasteiger partial charge in [0.25, 0.3) is 5.91 Å². The van der Waals surface area contributed by atoms with E-state index in [1.165, 1.54) is 24.0 Å². The van der Waals surface area contributed by atoms with E-state index >= 15 is 0 Å². The van der Waals surface area contributed by atoms with Crippen molar-refractivity contribution in [1.29, 1.82) is 0 Å².